The fraction of sp³-hybridized carbons (Fsp3) is 0.308. The summed E-state index contributed by atoms with van der Waals surface area (Å²) in [5, 5.41) is 7.46. The molecule has 0 bridgehead atoms. The molecule has 0 spiro atoms. The molecule has 0 aliphatic carbocycles. The summed E-state index contributed by atoms with van der Waals surface area (Å²) in [5.41, 5.74) is 3.60. The third-order valence-electron chi connectivity index (χ3n) is 6.13. The van der Waals surface area contributed by atoms with Crippen molar-refractivity contribution in [3.05, 3.63) is 82.1 Å². The number of halogens is 2. The monoisotopic (exact) mass is 612 g/mol. The number of aromatic nitrogens is 1. The van der Waals surface area contributed by atoms with Gasteiger partial charge < -0.3 is 5.32 Å². The molecule has 13 heteroatoms. The number of hydrogen-bond donors (Lipinski definition) is 2. The van der Waals surface area contributed by atoms with Crippen molar-refractivity contribution in [2.24, 2.45) is 5.14 Å². The van der Waals surface area contributed by atoms with Crippen LogP contribution >= 0.6 is 23.2 Å². The van der Waals surface area contributed by atoms with Gasteiger partial charge in [-0.1, -0.05) is 47.5 Å². The van der Waals surface area contributed by atoms with Crippen LogP contribution < -0.4 is 10.5 Å². The summed E-state index contributed by atoms with van der Waals surface area (Å²) in [6.07, 6.45) is 3.61. The molecule has 39 heavy (non-hydrogen) atoms. The molecule has 3 N–H and O–H groups in total. The fourth-order valence-corrected chi connectivity index (χ4v) is 6.86. The Labute approximate surface area is 239 Å². The molecule has 0 unspecified atom stereocenters. The summed E-state index contributed by atoms with van der Waals surface area (Å²) in [4.78, 5) is 16.2. The topological polar surface area (TPSA) is 140 Å². The second-order valence-electron chi connectivity index (χ2n) is 8.98. The number of nitrogens with zero attached hydrogens (tertiary/aromatic N) is 2. The van der Waals surface area contributed by atoms with Crippen LogP contribution in [0.5, 0.6) is 0 Å². The molecule has 1 amide bonds. The maximum Gasteiger partial charge on any atom is 0.245 e. The predicted molar refractivity (Wildman–Crippen MR) is 153 cm³/mol. The van der Waals surface area contributed by atoms with Crippen molar-refractivity contribution in [1.29, 1.82) is 0 Å². The summed E-state index contributed by atoms with van der Waals surface area (Å²) in [6.45, 7) is 3.58. The second-order valence-corrected chi connectivity index (χ2v) is 13.4. The average molecular weight is 614 g/mol. The van der Waals surface area contributed by atoms with E-state index < -0.39 is 37.7 Å². The van der Waals surface area contributed by atoms with E-state index in [0.717, 1.165) is 22.3 Å². The second kappa shape index (κ2) is 13.2. The van der Waals surface area contributed by atoms with Gasteiger partial charge in [0.1, 0.15) is 4.90 Å². The molecular formula is C26H30Cl2N4O5S2. The van der Waals surface area contributed by atoms with E-state index in [4.69, 9.17) is 28.3 Å². The molecule has 0 aliphatic rings. The molecule has 0 fully saturated rings. The lowest BCUT2D eigenvalue weighted by Gasteiger charge is -2.29. The fourth-order valence-electron chi connectivity index (χ4n) is 4.08. The minimum Gasteiger partial charge on any atom is -0.355 e. The number of amides is 1. The number of nitrogens with two attached hydrogens (primary N) is 1. The highest BCUT2D eigenvalue weighted by molar-refractivity contribution is 7.89. The van der Waals surface area contributed by atoms with Gasteiger partial charge in [0.05, 0.1) is 15.8 Å². The molecule has 0 radical (unpaired) electrons. The van der Waals surface area contributed by atoms with Crippen LogP contribution in [0, 0.1) is 6.92 Å². The predicted octanol–water partition coefficient (Wildman–Crippen LogP) is 4.30. The molecule has 0 aliphatic heterocycles. The molecule has 1 atom stereocenters. The number of aryl methyl sites for hydroxylation is 1. The van der Waals surface area contributed by atoms with Gasteiger partial charge in [-0.05, 0) is 66.8 Å². The molecule has 0 saturated heterocycles. The van der Waals surface area contributed by atoms with Crippen LogP contribution in [0.4, 0.5) is 0 Å². The number of benzene rings is 2. The van der Waals surface area contributed by atoms with Crippen molar-refractivity contribution in [3.8, 4) is 11.1 Å². The third kappa shape index (κ3) is 8.23. The number of rotatable bonds is 12. The van der Waals surface area contributed by atoms with Crippen LogP contribution in [0.2, 0.25) is 10.0 Å². The Balaban J connectivity index is 1.90. The molecule has 9 nitrogen and oxygen atoms in total. The SMILES string of the molecule is Cc1cnccc1-c1cccc([C@H](C)N(CCCC(=O)NCCS(N)(=O)=O)S(=O)(=O)c2cccc(Cl)c2Cl)c1. The maximum atomic E-state index is 13.9. The molecule has 2 aromatic carbocycles. The zero-order chi connectivity index (χ0) is 28.8. The van der Waals surface area contributed by atoms with E-state index >= 15 is 0 Å². The minimum atomic E-state index is -4.14. The first-order chi connectivity index (χ1) is 18.3. The van der Waals surface area contributed by atoms with Crippen LogP contribution in [0.3, 0.4) is 0 Å². The highest BCUT2D eigenvalue weighted by Gasteiger charge is 2.32. The van der Waals surface area contributed by atoms with Crippen LogP contribution in [0.1, 0.15) is 36.9 Å². The summed E-state index contributed by atoms with van der Waals surface area (Å²) in [6, 6.07) is 13.2. The summed E-state index contributed by atoms with van der Waals surface area (Å²) in [5.74, 6) is -0.809. The molecule has 3 aromatic rings. The minimum absolute atomic E-state index is 0.00649. The smallest absolute Gasteiger partial charge is 0.245 e. The quantitative estimate of drug-likeness (QED) is 0.312. The third-order valence-corrected chi connectivity index (χ3v) is 9.84. The van der Waals surface area contributed by atoms with Gasteiger partial charge in [0.25, 0.3) is 0 Å². The van der Waals surface area contributed by atoms with E-state index in [-0.39, 0.29) is 40.9 Å². The Morgan fingerprint density at radius 3 is 2.51 bits per heavy atom. The van der Waals surface area contributed by atoms with Crippen molar-refractivity contribution >= 4 is 49.2 Å². The van der Waals surface area contributed by atoms with E-state index in [9.17, 15) is 21.6 Å². The number of pyridine rings is 1. The Kier molecular flexibility index (Phi) is 10.5. The van der Waals surface area contributed by atoms with Gasteiger partial charge >= 0.3 is 0 Å². The number of nitrogens with one attached hydrogen (secondary N) is 1. The van der Waals surface area contributed by atoms with E-state index in [1.54, 1.807) is 19.3 Å². The Morgan fingerprint density at radius 2 is 1.82 bits per heavy atom. The van der Waals surface area contributed by atoms with Gasteiger partial charge in [-0.25, -0.2) is 22.0 Å². The lowest BCUT2D eigenvalue weighted by molar-refractivity contribution is -0.121. The number of hydrogen-bond acceptors (Lipinski definition) is 6. The van der Waals surface area contributed by atoms with Gasteiger partial charge in [0, 0.05) is 37.9 Å². The van der Waals surface area contributed by atoms with E-state index in [1.165, 1.54) is 22.5 Å². The van der Waals surface area contributed by atoms with Gasteiger partial charge in [-0.15, -0.1) is 0 Å². The van der Waals surface area contributed by atoms with Gasteiger partial charge in [0.15, 0.2) is 0 Å². The molecule has 1 aromatic heterocycles. The highest BCUT2D eigenvalue weighted by Crippen LogP contribution is 2.35. The average Bonchev–Trinajstić information content (AvgIpc) is 2.87. The Morgan fingerprint density at radius 1 is 1.10 bits per heavy atom. The first kappa shape index (κ1) is 31.0. The zero-order valence-electron chi connectivity index (χ0n) is 21.5. The lowest BCUT2D eigenvalue weighted by Crippen LogP contribution is -2.36. The van der Waals surface area contributed by atoms with Crippen molar-refractivity contribution in [2.75, 3.05) is 18.8 Å². The summed E-state index contributed by atoms with van der Waals surface area (Å²) in [7, 11) is -7.85. The molecule has 210 valence electrons. The van der Waals surface area contributed by atoms with E-state index in [0.29, 0.717) is 0 Å². The molecule has 3 rings (SSSR count). The van der Waals surface area contributed by atoms with E-state index in [1.807, 2.05) is 37.3 Å². The summed E-state index contributed by atoms with van der Waals surface area (Å²) >= 11 is 12.4. The maximum absolute atomic E-state index is 13.9. The van der Waals surface area contributed by atoms with Gasteiger partial charge in [0.2, 0.25) is 26.0 Å². The van der Waals surface area contributed by atoms with Crippen LogP contribution in [0.25, 0.3) is 11.1 Å². The van der Waals surface area contributed by atoms with Crippen molar-refractivity contribution in [2.45, 2.75) is 37.6 Å². The Bertz CT molecular complexity index is 1550. The Hall–Kier alpha value is -2.54. The van der Waals surface area contributed by atoms with Crippen molar-refractivity contribution in [3.63, 3.8) is 0 Å². The number of carbonyl (C=O) groups is 1. The normalized spacial score (nSPS) is 12.9. The summed E-state index contributed by atoms with van der Waals surface area (Å²) < 4.78 is 51.2. The first-order valence-electron chi connectivity index (χ1n) is 12.0. The highest BCUT2D eigenvalue weighted by atomic mass is 35.5. The molecule has 1 heterocycles. The molecular weight excluding hydrogens is 583 g/mol. The number of primary sulfonamides is 1. The van der Waals surface area contributed by atoms with E-state index in [2.05, 4.69) is 10.3 Å². The van der Waals surface area contributed by atoms with Gasteiger partial charge in [-0.3, -0.25) is 9.78 Å². The zero-order valence-corrected chi connectivity index (χ0v) is 24.6. The van der Waals surface area contributed by atoms with Crippen molar-refractivity contribution in [1.82, 2.24) is 14.6 Å². The van der Waals surface area contributed by atoms with Gasteiger partial charge in [-0.2, -0.15) is 4.31 Å². The number of sulfonamides is 2. The van der Waals surface area contributed by atoms with Crippen LogP contribution in [0.15, 0.2) is 65.8 Å². The lowest BCUT2D eigenvalue weighted by atomic mass is 9.98. The van der Waals surface area contributed by atoms with Crippen LogP contribution in [-0.4, -0.2) is 50.9 Å². The first-order valence-corrected chi connectivity index (χ1v) is 16.0. The molecule has 0 saturated carbocycles. The largest absolute Gasteiger partial charge is 0.355 e. The van der Waals surface area contributed by atoms with Crippen molar-refractivity contribution < 1.29 is 21.6 Å². The van der Waals surface area contributed by atoms with Crippen LogP contribution in [-0.2, 0) is 24.8 Å². The standard InChI is InChI=1S/C26H30Cl2N4O5S2/c1-18-17-30-12-11-22(18)21-7-3-6-20(16-21)19(2)32(14-5-10-25(33)31-13-15-38(29,34)35)39(36,37)24-9-4-8-23(27)26(24)28/h3-4,6-9,11-12,16-17,19H,5,10,13-15H2,1-2H3,(H,31,33)(H2,29,34,35)/t19-/m0/s1. The number of carbonyl (C=O) groups excluding carboxylic acids is 1.